The van der Waals surface area contributed by atoms with Gasteiger partial charge in [0.25, 0.3) is 0 Å². The number of carbonyl (C=O) groups excluding carboxylic acids is 5. The van der Waals surface area contributed by atoms with Gasteiger partial charge in [-0.15, -0.1) is 0 Å². The molecule has 0 aliphatic heterocycles. The van der Waals surface area contributed by atoms with Crippen LogP contribution < -0.4 is 48.1 Å². The highest BCUT2D eigenvalue weighted by molar-refractivity contribution is 7.58. The molecular weight excluding hydrogens is 1670 g/mol. The number of aliphatic hydroxyl groups is 5. The van der Waals surface area contributed by atoms with Gasteiger partial charge in [0, 0.05) is 10.8 Å². The van der Waals surface area contributed by atoms with Crippen LogP contribution in [0.2, 0.25) is 0 Å². The van der Waals surface area contributed by atoms with E-state index < -0.39 is 67.4 Å². The molecule has 0 fully saturated rings. The van der Waals surface area contributed by atoms with Crippen molar-refractivity contribution in [3.8, 4) is 28.7 Å². The molecule has 5 unspecified atom stereocenters. The first-order valence-electron chi connectivity index (χ1n) is 39.5. The number of ether oxygens (including phenoxy) is 5. The highest BCUT2D eigenvalue weighted by Gasteiger charge is 2.31. The molecule has 0 bridgehead atoms. The molecule has 0 heterocycles. The quantitative estimate of drug-likeness (QED) is 0.00733. The highest BCUT2D eigenvalue weighted by atomic mass is 31.2. The van der Waals surface area contributed by atoms with Crippen molar-refractivity contribution in [2.24, 2.45) is 0 Å². The number of hydrogen-bond acceptors (Lipinski definition) is 25. The van der Waals surface area contributed by atoms with Gasteiger partial charge in [-0.05, 0) is 154 Å². The number of nitrogens with one attached hydrogen (secondary N) is 5. The zero-order valence-corrected chi connectivity index (χ0v) is 75.9. The van der Waals surface area contributed by atoms with Crippen LogP contribution in [-0.2, 0) is 70.5 Å². The summed E-state index contributed by atoms with van der Waals surface area (Å²) in [5.74, 6) is -0.0959. The molecule has 7 rings (SSSR count). The first-order valence-corrected chi connectivity index (χ1v) is 48.6. The van der Waals surface area contributed by atoms with Crippen LogP contribution in [0.15, 0.2) is 234 Å². The zero-order valence-electron chi connectivity index (χ0n) is 71.4. The van der Waals surface area contributed by atoms with Crippen molar-refractivity contribution in [1.82, 2.24) is 25.4 Å². The number of aliphatic hydroxyl groups excluding tert-OH is 5. The molecule has 0 aromatic heterocycles. The maximum Gasteiger partial charge on any atom is 0.320 e. The van der Waals surface area contributed by atoms with E-state index in [-0.39, 0.29) is 116 Å². The first kappa shape index (κ1) is 107. The molecule has 0 amide bonds. The van der Waals surface area contributed by atoms with Gasteiger partial charge in [-0.3, -0.25) is 46.8 Å². The fourth-order valence-corrected chi connectivity index (χ4v) is 18.2. The molecule has 7 aromatic carbocycles. The zero-order chi connectivity index (χ0) is 90.3. The Morgan fingerprint density at radius 1 is 0.328 bits per heavy atom. The molecule has 5 atom stereocenters. The fraction of sp³-hybridized carbons (Fsp3) is 0.391. The van der Waals surface area contributed by atoms with Crippen molar-refractivity contribution in [2.45, 2.75) is 101 Å². The molecule has 0 radical (unpaired) electrons. The maximum absolute atomic E-state index is 13.4. The van der Waals surface area contributed by atoms with Crippen LogP contribution in [0.25, 0.3) is 21.5 Å². The number of carbonyl (C=O) groups is 5. The highest BCUT2D eigenvalue weighted by Crippen LogP contribution is 2.49. The minimum atomic E-state index is -3.37. The topological polar surface area (TPSA) is 424 Å². The van der Waals surface area contributed by atoms with Crippen LogP contribution in [0.4, 0.5) is 0 Å². The summed E-state index contributed by atoms with van der Waals surface area (Å²) in [6.07, 6.45) is 12.0. The Bertz CT molecular complexity index is 4710. The molecule has 10 N–H and O–H groups in total. The maximum atomic E-state index is 13.4. The van der Waals surface area contributed by atoms with E-state index in [1.165, 1.54) is 14.2 Å². The number of esters is 5. The summed E-state index contributed by atoms with van der Waals surface area (Å²) in [7, 11) is -14.0. The van der Waals surface area contributed by atoms with Gasteiger partial charge >= 0.3 is 67.4 Å². The molecular formula is C87H122N5O25P5. The minimum Gasteiger partial charge on any atom is -0.468 e. The van der Waals surface area contributed by atoms with Gasteiger partial charge in [-0.25, -0.2) is 25.4 Å². The van der Waals surface area contributed by atoms with Crippen molar-refractivity contribution < 1.29 is 119 Å². The van der Waals surface area contributed by atoms with Crippen LogP contribution in [0, 0.1) is 0 Å². The van der Waals surface area contributed by atoms with Crippen molar-refractivity contribution >= 4 is 89.0 Å². The van der Waals surface area contributed by atoms with Crippen LogP contribution in [0.3, 0.4) is 0 Å². The average molecular weight is 1790 g/mol. The number of benzene rings is 7. The molecule has 0 aliphatic carbocycles. The summed E-state index contributed by atoms with van der Waals surface area (Å²) in [4.78, 5) is 57.5. The standard InChI is InChI=1S/C20H26NO5P.C19H24NO5P.C17H26NO5P.C16H24NO5P.C15H22NO5P/c1-3-25-20(23)14-21-27(24,13-7-8-16(2)15-22)26-19-12-6-10-17-9-4-5-11-18(17)19;1-15(14-21)7-6-12-26(23,20-13-19(22)24-2)25-18-11-5-9-16-8-3-4-10-17(16)18;1-14(2)22-17(20)12-18-24(21,11-7-8-15(3)13-19)23-16-9-5-4-6-10-16;1-3-21-16(19)12-17-23(20,11-7-8-14(2)13-18)22-15-9-5-4-6-10-15;1-13(12-17)7-6-10-22(19,16-11-15(18)20-2)21-14-8-4-3-5-9-14/h4-6,8-12,22H,3,7,13-15H2,1-2H3,(H,21,24);3-5,7-11,21H,6,12-14H2,1-2H3,(H,20,23);4-6,8-10,14,19H,7,11-13H2,1-3H3,(H,18,21);4-6,8-10,18H,3,7,11-13H2,1-2H3,(H,17,20);3-5,7-9,17H,6,10-12H2,1-2H3,(H,16,19)/b16-8+;15-7+;15-8+;14-8+;13-7+. The van der Waals surface area contributed by atoms with Crippen LogP contribution in [0.5, 0.6) is 28.7 Å². The number of allylic oxidation sites excluding steroid dienone is 5. The minimum absolute atomic E-state index is 0.0416. The van der Waals surface area contributed by atoms with Crippen molar-refractivity contribution in [1.29, 1.82) is 0 Å². The van der Waals surface area contributed by atoms with Crippen LogP contribution in [-0.4, -0.2) is 185 Å². The second kappa shape index (κ2) is 59.6. The Labute approximate surface area is 716 Å². The van der Waals surface area contributed by atoms with E-state index in [2.05, 4.69) is 34.9 Å². The third kappa shape index (κ3) is 45.8. The number of hydrogen-bond donors (Lipinski definition) is 10. The summed E-state index contributed by atoms with van der Waals surface area (Å²) in [6, 6.07) is 52.7. The Morgan fingerprint density at radius 3 is 0.820 bits per heavy atom. The van der Waals surface area contributed by atoms with Crippen molar-refractivity contribution in [2.75, 3.05) is 124 Å². The summed E-state index contributed by atoms with van der Waals surface area (Å²) in [6.45, 7) is 15.2. The van der Waals surface area contributed by atoms with E-state index in [1.54, 1.807) is 172 Å². The molecule has 0 saturated heterocycles. The Balaban J connectivity index is 0.000000395. The van der Waals surface area contributed by atoms with Crippen LogP contribution >= 0.6 is 37.6 Å². The molecule has 30 nitrogen and oxygen atoms in total. The summed E-state index contributed by atoms with van der Waals surface area (Å²) in [5, 5.41) is 62.3. The molecule has 0 saturated carbocycles. The van der Waals surface area contributed by atoms with Gasteiger partial charge < -0.3 is 71.8 Å². The number of methoxy groups -OCH3 is 2. The third-order valence-corrected chi connectivity index (χ3v) is 26.5. The predicted octanol–water partition coefficient (Wildman–Crippen LogP) is 15.6. The Morgan fingerprint density at radius 2 is 0.566 bits per heavy atom. The average Bonchev–Trinajstić information content (AvgIpc) is 0.813. The fourth-order valence-electron chi connectivity index (χ4n) is 10.1. The number of rotatable bonds is 48. The van der Waals surface area contributed by atoms with E-state index in [1.807, 2.05) is 97.1 Å². The van der Waals surface area contributed by atoms with Gasteiger partial charge in [0.2, 0.25) is 0 Å². The lowest BCUT2D eigenvalue weighted by atomic mass is 10.1. The first-order chi connectivity index (χ1) is 58.3. The van der Waals surface area contributed by atoms with Gasteiger partial charge in [0.05, 0.1) is 97.4 Å². The van der Waals surface area contributed by atoms with E-state index in [9.17, 15) is 46.8 Å². The summed E-state index contributed by atoms with van der Waals surface area (Å²) in [5.41, 5.74) is 3.95. The summed E-state index contributed by atoms with van der Waals surface area (Å²) < 4.78 is 118. The van der Waals surface area contributed by atoms with E-state index >= 15 is 0 Å². The van der Waals surface area contributed by atoms with Crippen molar-refractivity contribution in [3.63, 3.8) is 0 Å². The van der Waals surface area contributed by atoms with Gasteiger partial charge in [0.1, 0.15) is 61.5 Å². The van der Waals surface area contributed by atoms with E-state index in [0.717, 1.165) is 49.4 Å². The Kier molecular flexibility index (Phi) is 52.3. The van der Waals surface area contributed by atoms with Crippen molar-refractivity contribution in [3.05, 3.63) is 234 Å². The van der Waals surface area contributed by atoms with Gasteiger partial charge in [-0.2, -0.15) is 0 Å². The number of fused-ring (bicyclic) bond motifs is 2. The van der Waals surface area contributed by atoms with E-state index in [0.29, 0.717) is 60.9 Å². The summed E-state index contributed by atoms with van der Waals surface area (Å²) >= 11 is 0. The number of para-hydroxylation sites is 3. The molecule has 670 valence electrons. The molecule has 35 heteroatoms. The van der Waals surface area contributed by atoms with Gasteiger partial charge in [-0.1, -0.05) is 186 Å². The largest absolute Gasteiger partial charge is 0.468 e. The lowest BCUT2D eigenvalue weighted by molar-refractivity contribution is -0.146. The molecule has 0 spiro atoms. The normalized spacial score (nSPS) is 14.1. The smallest absolute Gasteiger partial charge is 0.320 e. The van der Waals surface area contributed by atoms with Gasteiger partial charge in [0.15, 0.2) is 0 Å². The molecule has 7 aromatic rings. The lowest BCUT2D eigenvalue weighted by Gasteiger charge is -2.21. The second-order valence-corrected chi connectivity index (χ2v) is 38.8. The predicted molar refractivity (Wildman–Crippen MR) is 479 cm³/mol. The molecule has 122 heavy (non-hydrogen) atoms. The van der Waals surface area contributed by atoms with Crippen LogP contribution in [0.1, 0.15) is 94.4 Å². The lowest BCUT2D eigenvalue weighted by Crippen LogP contribution is -2.27. The SMILES string of the molecule is C/C(=C\CCP(=O)(NCC(=O)OC(C)C)Oc1ccccc1)CO.CCOC(=O)CNP(=O)(CC/C=C(\C)CO)Oc1cccc2ccccc12.CCOC(=O)CNP(=O)(CC/C=C(\C)CO)Oc1ccccc1.COC(=O)CNP(=O)(CC/C=C(\C)CO)Oc1cccc2ccccc12.COC(=O)CNP(=O)(CC/C=C(\C)CO)Oc1ccccc1. The monoisotopic (exact) mass is 1790 g/mol. The third-order valence-electron chi connectivity index (χ3n) is 16.6. The van der Waals surface area contributed by atoms with E-state index in [4.69, 9.17) is 62.4 Å². The molecule has 0 aliphatic rings. The Hall–Kier alpha value is -9.14. The second-order valence-electron chi connectivity index (χ2n) is 27.3.